The van der Waals surface area contributed by atoms with Gasteiger partial charge in [0.15, 0.2) is 0 Å². The summed E-state index contributed by atoms with van der Waals surface area (Å²) in [5, 5.41) is 9.31. The third-order valence-electron chi connectivity index (χ3n) is 4.69. The average Bonchev–Trinajstić information content (AvgIpc) is 2.83. The molecule has 0 aromatic heterocycles. The van der Waals surface area contributed by atoms with Crippen molar-refractivity contribution in [2.24, 2.45) is 17.8 Å². The summed E-state index contributed by atoms with van der Waals surface area (Å²) in [6.07, 6.45) is 2.38. The van der Waals surface area contributed by atoms with Crippen molar-refractivity contribution < 1.29 is 14.7 Å². The Hall–Kier alpha value is -1.10. The van der Waals surface area contributed by atoms with E-state index in [1.807, 2.05) is 11.9 Å². The molecule has 1 aliphatic heterocycles. The maximum atomic E-state index is 12.5. The fraction of sp³-hybridized carbons (Fsp3) is 0.857. The first-order valence-electron chi connectivity index (χ1n) is 7.23. The molecule has 108 valence electrons. The maximum absolute atomic E-state index is 12.5. The van der Waals surface area contributed by atoms with Gasteiger partial charge >= 0.3 is 5.97 Å². The molecule has 0 aromatic carbocycles. The molecule has 2 rings (SSSR count). The number of piperazine rings is 1. The van der Waals surface area contributed by atoms with Crippen LogP contribution < -0.4 is 0 Å². The normalized spacial score (nSPS) is 32.5. The van der Waals surface area contributed by atoms with Crippen LogP contribution >= 0.6 is 0 Å². The van der Waals surface area contributed by atoms with Crippen molar-refractivity contribution in [3.8, 4) is 0 Å². The molecule has 0 aromatic rings. The van der Waals surface area contributed by atoms with Crippen molar-refractivity contribution in [1.29, 1.82) is 0 Å². The second kappa shape index (κ2) is 5.90. The van der Waals surface area contributed by atoms with Gasteiger partial charge in [0.1, 0.15) is 0 Å². The van der Waals surface area contributed by atoms with E-state index in [1.165, 1.54) is 0 Å². The molecular formula is C14H24N2O3. The van der Waals surface area contributed by atoms with Gasteiger partial charge in [0.05, 0.1) is 11.8 Å². The van der Waals surface area contributed by atoms with Crippen LogP contribution in [0.2, 0.25) is 0 Å². The Kier molecular flexibility index (Phi) is 4.45. The fourth-order valence-corrected chi connectivity index (χ4v) is 3.28. The van der Waals surface area contributed by atoms with Gasteiger partial charge in [-0.25, -0.2) is 0 Å². The Labute approximate surface area is 114 Å². The molecule has 0 bridgehead atoms. The predicted octanol–water partition coefficient (Wildman–Crippen LogP) is 0.897. The number of likely N-dealkylation sites (N-methyl/N-ethyl adjacent to an activating group) is 1. The summed E-state index contributed by atoms with van der Waals surface area (Å²) in [6.45, 7) is 5.30. The number of amides is 1. The highest BCUT2D eigenvalue weighted by atomic mass is 16.4. The monoisotopic (exact) mass is 268 g/mol. The van der Waals surface area contributed by atoms with Crippen molar-refractivity contribution in [3.63, 3.8) is 0 Å². The van der Waals surface area contributed by atoms with Crippen LogP contribution in [0.1, 0.15) is 26.2 Å². The number of rotatable bonds is 3. The van der Waals surface area contributed by atoms with Crippen molar-refractivity contribution in [1.82, 2.24) is 9.80 Å². The first kappa shape index (κ1) is 14.3. The Morgan fingerprint density at radius 2 is 1.68 bits per heavy atom. The number of aliphatic carboxylic acids is 1. The molecule has 2 aliphatic rings. The molecule has 0 spiro atoms. The quantitative estimate of drug-likeness (QED) is 0.826. The van der Waals surface area contributed by atoms with E-state index < -0.39 is 11.9 Å². The Balaban J connectivity index is 2.02. The van der Waals surface area contributed by atoms with E-state index >= 15 is 0 Å². The van der Waals surface area contributed by atoms with Crippen LogP contribution in [-0.2, 0) is 9.59 Å². The Bertz CT molecular complexity index is 351. The lowest BCUT2D eigenvalue weighted by molar-refractivity contribution is -0.149. The molecule has 3 atom stereocenters. The first-order chi connectivity index (χ1) is 9.02. The zero-order valence-corrected chi connectivity index (χ0v) is 11.8. The lowest BCUT2D eigenvalue weighted by atomic mass is 9.94. The maximum Gasteiger partial charge on any atom is 0.307 e. The van der Waals surface area contributed by atoms with Gasteiger partial charge in [-0.05, 0) is 25.8 Å². The number of hydrogen-bond acceptors (Lipinski definition) is 3. The number of carbonyl (C=O) groups is 2. The van der Waals surface area contributed by atoms with Crippen LogP contribution in [0.4, 0.5) is 0 Å². The minimum absolute atomic E-state index is 0.0662. The van der Waals surface area contributed by atoms with E-state index in [0.717, 1.165) is 39.0 Å². The molecule has 5 nitrogen and oxygen atoms in total. The van der Waals surface area contributed by atoms with E-state index in [9.17, 15) is 14.7 Å². The van der Waals surface area contributed by atoms with Crippen LogP contribution in [0.3, 0.4) is 0 Å². The molecular weight excluding hydrogens is 244 g/mol. The van der Waals surface area contributed by atoms with Crippen molar-refractivity contribution in [3.05, 3.63) is 0 Å². The molecule has 1 amide bonds. The highest BCUT2D eigenvalue weighted by Gasteiger charge is 2.43. The van der Waals surface area contributed by atoms with Gasteiger partial charge in [-0.1, -0.05) is 13.3 Å². The van der Waals surface area contributed by atoms with E-state index in [2.05, 4.69) is 11.8 Å². The molecule has 0 radical (unpaired) electrons. The van der Waals surface area contributed by atoms with Gasteiger partial charge in [0.25, 0.3) is 0 Å². The summed E-state index contributed by atoms with van der Waals surface area (Å²) < 4.78 is 0. The molecule has 1 saturated heterocycles. The van der Waals surface area contributed by atoms with Gasteiger partial charge < -0.3 is 14.9 Å². The topological polar surface area (TPSA) is 60.9 Å². The second-order valence-corrected chi connectivity index (χ2v) is 5.93. The van der Waals surface area contributed by atoms with Gasteiger partial charge in [-0.3, -0.25) is 9.59 Å². The minimum atomic E-state index is -0.802. The molecule has 1 saturated carbocycles. The lowest BCUT2D eigenvalue weighted by Crippen LogP contribution is -2.49. The standard InChI is InChI=1S/C14H24N2O3/c1-3-10-8-11(12(9-10)14(18)19)13(17)16-6-4-15(2)5-7-16/h10-12H,3-9H2,1-2H3,(H,18,19)/t10?,11-,12+/m0/s1. The molecule has 1 heterocycles. The zero-order chi connectivity index (χ0) is 14.0. The molecule has 1 N–H and O–H groups in total. The number of carbonyl (C=O) groups excluding carboxylic acids is 1. The lowest BCUT2D eigenvalue weighted by Gasteiger charge is -2.34. The largest absolute Gasteiger partial charge is 0.481 e. The smallest absolute Gasteiger partial charge is 0.307 e. The summed E-state index contributed by atoms with van der Waals surface area (Å²) in [5.41, 5.74) is 0. The van der Waals surface area contributed by atoms with E-state index in [0.29, 0.717) is 12.3 Å². The molecule has 1 aliphatic carbocycles. The van der Waals surface area contributed by atoms with Gasteiger partial charge in [-0.2, -0.15) is 0 Å². The van der Waals surface area contributed by atoms with Crippen molar-refractivity contribution in [2.75, 3.05) is 33.2 Å². The molecule has 1 unspecified atom stereocenters. The van der Waals surface area contributed by atoms with Crippen LogP contribution in [0, 0.1) is 17.8 Å². The summed E-state index contributed by atoms with van der Waals surface area (Å²) in [7, 11) is 2.05. The number of carboxylic acid groups (broad SMARTS) is 1. The summed E-state index contributed by atoms with van der Waals surface area (Å²) in [5.74, 6) is -1.12. The summed E-state index contributed by atoms with van der Waals surface area (Å²) in [6, 6.07) is 0. The SMILES string of the molecule is CCC1C[C@H](C(=O)N2CCN(C)CC2)[C@H](C(=O)O)C1. The van der Waals surface area contributed by atoms with E-state index in [1.54, 1.807) is 0 Å². The number of hydrogen-bond donors (Lipinski definition) is 1. The van der Waals surface area contributed by atoms with Crippen molar-refractivity contribution in [2.45, 2.75) is 26.2 Å². The van der Waals surface area contributed by atoms with Gasteiger partial charge in [-0.15, -0.1) is 0 Å². The molecule has 5 heteroatoms. The highest BCUT2D eigenvalue weighted by molar-refractivity contribution is 5.85. The van der Waals surface area contributed by atoms with E-state index in [4.69, 9.17) is 0 Å². The van der Waals surface area contributed by atoms with Crippen LogP contribution in [-0.4, -0.2) is 60.0 Å². The first-order valence-corrected chi connectivity index (χ1v) is 7.23. The van der Waals surface area contributed by atoms with Crippen LogP contribution in [0.15, 0.2) is 0 Å². The summed E-state index contributed by atoms with van der Waals surface area (Å²) in [4.78, 5) is 27.9. The second-order valence-electron chi connectivity index (χ2n) is 5.93. The fourth-order valence-electron chi connectivity index (χ4n) is 3.28. The average molecular weight is 268 g/mol. The molecule has 2 fully saturated rings. The predicted molar refractivity (Wildman–Crippen MR) is 71.7 cm³/mol. The van der Waals surface area contributed by atoms with Crippen LogP contribution in [0.5, 0.6) is 0 Å². The van der Waals surface area contributed by atoms with E-state index in [-0.39, 0.29) is 11.8 Å². The highest BCUT2D eigenvalue weighted by Crippen LogP contribution is 2.39. The van der Waals surface area contributed by atoms with Crippen molar-refractivity contribution >= 4 is 11.9 Å². The number of nitrogens with zero attached hydrogens (tertiary/aromatic N) is 2. The minimum Gasteiger partial charge on any atom is -0.481 e. The number of carboxylic acids is 1. The zero-order valence-electron chi connectivity index (χ0n) is 11.8. The Morgan fingerprint density at radius 1 is 1.11 bits per heavy atom. The Morgan fingerprint density at radius 3 is 2.21 bits per heavy atom. The van der Waals surface area contributed by atoms with Gasteiger partial charge in [0.2, 0.25) is 5.91 Å². The summed E-state index contributed by atoms with van der Waals surface area (Å²) >= 11 is 0. The van der Waals surface area contributed by atoms with Gasteiger partial charge in [0, 0.05) is 26.2 Å². The third-order valence-corrected chi connectivity index (χ3v) is 4.69. The van der Waals surface area contributed by atoms with Crippen LogP contribution in [0.25, 0.3) is 0 Å². The molecule has 19 heavy (non-hydrogen) atoms. The third kappa shape index (κ3) is 3.08.